The highest BCUT2D eigenvalue weighted by atomic mass is 35.5. The number of hydrogen-bond acceptors (Lipinski definition) is 6. The summed E-state index contributed by atoms with van der Waals surface area (Å²) in [4.78, 5) is 28.2. The second-order valence-electron chi connectivity index (χ2n) is 9.40. The third-order valence-corrected chi connectivity index (χ3v) is 11.2. The second kappa shape index (κ2) is 12.1. The van der Waals surface area contributed by atoms with Gasteiger partial charge in [-0.2, -0.15) is 4.31 Å². The zero-order valence-electron chi connectivity index (χ0n) is 21.3. The van der Waals surface area contributed by atoms with E-state index in [4.69, 9.17) is 27.9 Å². The third kappa shape index (κ3) is 5.66. The van der Waals surface area contributed by atoms with Gasteiger partial charge in [-0.25, -0.2) is 8.42 Å². The molecule has 2 amide bonds. The number of ether oxygens (including phenoxy) is 1. The van der Waals surface area contributed by atoms with Gasteiger partial charge < -0.3 is 15.0 Å². The van der Waals surface area contributed by atoms with Crippen LogP contribution in [0.3, 0.4) is 0 Å². The molecule has 3 heterocycles. The molecular formula is C26H31Cl2N3O5S2. The van der Waals surface area contributed by atoms with E-state index >= 15 is 0 Å². The van der Waals surface area contributed by atoms with Crippen LogP contribution in [0.15, 0.2) is 57.5 Å². The van der Waals surface area contributed by atoms with Crippen LogP contribution >= 0.6 is 34.5 Å². The molecule has 1 aliphatic carbocycles. The van der Waals surface area contributed by atoms with Gasteiger partial charge in [-0.05, 0) is 44.2 Å². The van der Waals surface area contributed by atoms with Crippen LogP contribution < -0.4 is 5.32 Å². The first-order valence-electron chi connectivity index (χ1n) is 12.4. The predicted molar refractivity (Wildman–Crippen MR) is 150 cm³/mol. The molecule has 1 aromatic heterocycles. The number of likely N-dealkylation sites (tertiary alicyclic amines) is 1. The summed E-state index contributed by atoms with van der Waals surface area (Å²) >= 11 is 12.9. The standard InChI is InChI=1S/C26H31Cl2N3O5S2/c1-4-7-18-20(9-10-21-23(18)16(2)26(33)31(21)12-6-13-36-3)29-25(32)17-8-5-11-30(15-17)38(34,35)22-14-19(27)24(28)37-22/h4,7,9,14,17,21H,2,5-6,8,10-13,15H2,1,3H3,(H,29,32)/b7-4-. The Labute approximate surface area is 237 Å². The summed E-state index contributed by atoms with van der Waals surface area (Å²) < 4.78 is 33.1. The van der Waals surface area contributed by atoms with E-state index in [9.17, 15) is 18.0 Å². The van der Waals surface area contributed by atoms with E-state index in [0.717, 1.165) is 28.9 Å². The Balaban J connectivity index is 1.51. The number of thiophene rings is 1. The predicted octanol–water partition coefficient (Wildman–Crippen LogP) is 4.54. The van der Waals surface area contributed by atoms with Crippen LogP contribution in [-0.2, 0) is 24.3 Å². The lowest BCUT2D eigenvalue weighted by Gasteiger charge is -2.32. The summed E-state index contributed by atoms with van der Waals surface area (Å²) in [5.74, 6) is -0.892. The number of carbonyl (C=O) groups excluding carboxylic acids is 2. The quantitative estimate of drug-likeness (QED) is 0.332. The van der Waals surface area contributed by atoms with Gasteiger partial charge in [0.2, 0.25) is 5.91 Å². The molecule has 2 saturated heterocycles. The van der Waals surface area contributed by atoms with Crippen LogP contribution in [0.4, 0.5) is 0 Å². The Bertz CT molecular complexity index is 1310. The van der Waals surface area contributed by atoms with E-state index in [-0.39, 0.29) is 38.0 Å². The van der Waals surface area contributed by atoms with Crippen molar-refractivity contribution in [2.45, 2.75) is 42.9 Å². The fraction of sp³-hybridized carbons (Fsp3) is 0.462. The average molecular weight is 601 g/mol. The number of halogens is 2. The molecule has 8 nitrogen and oxygen atoms in total. The van der Waals surface area contributed by atoms with Gasteiger partial charge in [-0.15, -0.1) is 11.3 Å². The number of allylic oxidation sites excluding steroid dienone is 2. The van der Waals surface area contributed by atoms with Crippen molar-refractivity contribution in [1.82, 2.24) is 14.5 Å². The first-order valence-corrected chi connectivity index (χ1v) is 15.4. The molecule has 0 aromatic carbocycles. The molecule has 2 aliphatic heterocycles. The molecule has 1 N–H and O–H groups in total. The molecule has 0 bridgehead atoms. The summed E-state index contributed by atoms with van der Waals surface area (Å²) in [6.45, 7) is 7.43. The lowest BCUT2D eigenvalue weighted by atomic mass is 9.88. The van der Waals surface area contributed by atoms with Crippen LogP contribution in [0, 0.1) is 5.92 Å². The van der Waals surface area contributed by atoms with Crippen molar-refractivity contribution in [3.63, 3.8) is 0 Å². The van der Waals surface area contributed by atoms with Crippen molar-refractivity contribution in [1.29, 1.82) is 0 Å². The van der Waals surface area contributed by atoms with Crippen molar-refractivity contribution in [2.24, 2.45) is 5.92 Å². The molecule has 3 aliphatic rings. The topological polar surface area (TPSA) is 96.0 Å². The van der Waals surface area contributed by atoms with E-state index in [1.54, 1.807) is 7.11 Å². The summed E-state index contributed by atoms with van der Waals surface area (Å²) in [5, 5.41) is 3.22. The van der Waals surface area contributed by atoms with Gasteiger partial charge in [0.1, 0.15) is 8.55 Å². The number of nitrogens with one attached hydrogen (secondary N) is 1. The van der Waals surface area contributed by atoms with Crippen molar-refractivity contribution in [3.8, 4) is 0 Å². The smallest absolute Gasteiger partial charge is 0.254 e. The van der Waals surface area contributed by atoms with Crippen molar-refractivity contribution < 1.29 is 22.7 Å². The molecule has 2 unspecified atom stereocenters. The van der Waals surface area contributed by atoms with E-state index in [2.05, 4.69) is 11.9 Å². The Hall–Kier alpha value is -1.95. The number of rotatable bonds is 9. The molecule has 38 heavy (non-hydrogen) atoms. The summed E-state index contributed by atoms with van der Waals surface area (Å²) in [7, 11) is -2.19. The first kappa shape index (κ1) is 29.0. The number of amides is 2. The molecule has 12 heteroatoms. The van der Waals surface area contributed by atoms with Crippen molar-refractivity contribution >= 4 is 56.4 Å². The molecule has 2 atom stereocenters. The molecule has 4 rings (SSSR count). The minimum absolute atomic E-state index is 0.0607. The van der Waals surface area contributed by atoms with Crippen molar-refractivity contribution in [3.05, 3.63) is 62.6 Å². The molecule has 0 saturated carbocycles. The van der Waals surface area contributed by atoms with Crippen LogP contribution in [0.2, 0.25) is 9.36 Å². The minimum atomic E-state index is -3.82. The molecule has 2 fully saturated rings. The van der Waals surface area contributed by atoms with Gasteiger partial charge in [0.25, 0.3) is 15.9 Å². The molecule has 0 radical (unpaired) electrons. The van der Waals surface area contributed by atoms with Crippen LogP contribution in [0.1, 0.15) is 32.6 Å². The van der Waals surface area contributed by atoms with Gasteiger partial charge in [0.15, 0.2) is 0 Å². The fourth-order valence-electron chi connectivity index (χ4n) is 5.15. The van der Waals surface area contributed by atoms with E-state index < -0.39 is 15.9 Å². The molecular weight excluding hydrogens is 569 g/mol. The lowest BCUT2D eigenvalue weighted by Crippen LogP contribution is -2.45. The molecule has 206 valence electrons. The highest BCUT2D eigenvalue weighted by Crippen LogP contribution is 2.40. The van der Waals surface area contributed by atoms with Crippen LogP contribution in [-0.4, -0.2) is 68.8 Å². The Morgan fingerprint density at radius 2 is 2.13 bits per heavy atom. The molecule has 1 aromatic rings. The number of fused-ring (bicyclic) bond motifs is 1. The van der Waals surface area contributed by atoms with Gasteiger partial charge in [-0.1, -0.05) is 48.0 Å². The largest absolute Gasteiger partial charge is 0.385 e. The number of methoxy groups -OCH3 is 1. The van der Waals surface area contributed by atoms with Crippen LogP contribution in [0.5, 0.6) is 0 Å². The van der Waals surface area contributed by atoms with Crippen molar-refractivity contribution in [2.75, 3.05) is 33.4 Å². The number of nitrogens with zero attached hydrogens (tertiary/aromatic N) is 2. The Morgan fingerprint density at radius 3 is 2.79 bits per heavy atom. The van der Waals surface area contributed by atoms with Gasteiger partial charge in [0.05, 0.1) is 17.0 Å². The van der Waals surface area contributed by atoms with Gasteiger partial charge in [0, 0.05) is 50.2 Å². The Morgan fingerprint density at radius 1 is 1.37 bits per heavy atom. The van der Waals surface area contributed by atoms with Crippen LogP contribution in [0.25, 0.3) is 0 Å². The number of carbonyl (C=O) groups is 2. The highest BCUT2D eigenvalue weighted by Gasteiger charge is 2.42. The van der Waals surface area contributed by atoms with E-state index in [1.165, 1.54) is 10.4 Å². The summed E-state index contributed by atoms with van der Waals surface area (Å²) in [6.07, 6.45) is 8.06. The summed E-state index contributed by atoms with van der Waals surface area (Å²) in [6, 6.07) is 1.21. The number of piperidine rings is 1. The fourth-order valence-corrected chi connectivity index (χ4v) is 8.71. The van der Waals surface area contributed by atoms with E-state index in [0.29, 0.717) is 50.2 Å². The molecule has 0 spiro atoms. The highest BCUT2D eigenvalue weighted by molar-refractivity contribution is 7.91. The maximum Gasteiger partial charge on any atom is 0.254 e. The lowest BCUT2D eigenvalue weighted by molar-refractivity contribution is -0.126. The maximum absolute atomic E-state index is 13.4. The monoisotopic (exact) mass is 599 g/mol. The maximum atomic E-state index is 13.4. The SMILES string of the molecule is C=C1C(=O)N(CCCOC)C2CC=C(NC(=O)C3CCCN(S(=O)(=O)c4cc(Cl)c(Cl)s4)C3)C(/C=C\C)=C12. The average Bonchev–Trinajstić information content (AvgIpc) is 3.37. The summed E-state index contributed by atoms with van der Waals surface area (Å²) in [5.41, 5.74) is 2.63. The zero-order chi connectivity index (χ0) is 27.6. The van der Waals surface area contributed by atoms with Gasteiger partial charge in [-0.3, -0.25) is 9.59 Å². The third-order valence-electron chi connectivity index (χ3n) is 6.99. The first-order chi connectivity index (χ1) is 18.1. The number of hydrogen-bond donors (Lipinski definition) is 1. The minimum Gasteiger partial charge on any atom is -0.385 e. The normalized spacial score (nSPS) is 22.8. The Kier molecular flexibility index (Phi) is 9.22. The van der Waals surface area contributed by atoms with E-state index in [1.807, 2.05) is 30.1 Å². The second-order valence-corrected chi connectivity index (χ2v) is 13.6. The number of sulfonamides is 1. The van der Waals surface area contributed by atoms with Gasteiger partial charge >= 0.3 is 0 Å². The zero-order valence-corrected chi connectivity index (χ0v) is 24.5.